The maximum atomic E-state index is 12.8. The number of carbonyl (C=O) groups excluding carboxylic acids is 2. The predicted molar refractivity (Wildman–Crippen MR) is 127 cm³/mol. The van der Waals surface area contributed by atoms with Gasteiger partial charge in [-0.25, -0.2) is 9.59 Å². The molecule has 0 fully saturated rings. The average molecular weight is 553 g/mol. The molecule has 0 aromatic heterocycles. The third-order valence-corrected chi connectivity index (χ3v) is 4.63. The van der Waals surface area contributed by atoms with Crippen molar-refractivity contribution in [1.29, 1.82) is 0 Å². The van der Waals surface area contributed by atoms with Crippen LogP contribution >= 0.6 is 30.4 Å². The number of rotatable bonds is 9. The Morgan fingerprint density at radius 1 is 1.07 bits per heavy atom. The molecule has 1 atom stereocenters. The van der Waals surface area contributed by atoms with E-state index >= 15 is 0 Å². The fourth-order valence-electron chi connectivity index (χ4n) is 2.42. The van der Waals surface area contributed by atoms with Crippen molar-refractivity contribution >= 4 is 42.5 Å². The van der Waals surface area contributed by atoms with Gasteiger partial charge in [0, 0.05) is 27.6 Å². The lowest BCUT2D eigenvalue weighted by Gasteiger charge is -2.26. The van der Waals surface area contributed by atoms with E-state index in [0.717, 1.165) is 11.1 Å². The van der Waals surface area contributed by atoms with Gasteiger partial charge in [0.2, 0.25) is 0 Å². The Kier molecular flexibility index (Phi) is 10.7. The number of aryl methyl sites for hydroxylation is 1. The molecule has 0 aliphatic heterocycles. The van der Waals surface area contributed by atoms with E-state index in [4.69, 9.17) is 18.4 Å². The standard InChI is InChI=1S/C21H32INO6S/c1-14-8-9-16(26-10-11-27-30-22)12-15(14)13-17(18(24)28-20(2,3)4)23-19(25)29-21(5,6)7/h8-9,12,17H,10-11,13H2,1-7H3,(H,23,25). The molecular formula is C21H32INO6S. The van der Waals surface area contributed by atoms with Crippen molar-refractivity contribution in [3.63, 3.8) is 0 Å². The Morgan fingerprint density at radius 3 is 2.27 bits per heavy atom. The smallest absolute Gasteiger partial charge is 0.408 e. The Balaban J connectivity index is 2.98. The highest BCUT2D eigenvalue weighted by molar-refractivity contribution is 14.2. The highest BCUT2D eigenvalue weighted by Gasteiger charge is 2.29. The van der Waals surface area contributed by atoms with E-state index in [-0.39, 0.29) is 6.42 Å². The second-order valence-corrected chi connectivity index (χ2v) is 10.2. The van der Waals surface area contributed by atoms with Gasteiger partial charge in [0.1, 0.15) is 29.6 Å². The van der Waals surface area contributed by atoms with Gasteiger partial charge in [0.25, 0.3) is 0 Å². The molecular weight excluding hydrogens is 521 g/mol. The van der Waals surface area contributed by atoms with E-state index in [0.29, 0.717) is 19.0 Å². The first-order valence-electron chi connectivity index (χ1n) is 9.65. The molecule has 0 saturated heterocycles. The molecule has 1 amide bonds. The predicted octanol–water partition coefficient (Wildman–Crippen LogP) is 5.17. The monoisotopic (exact) mass is 553 g/mol. The van der Waals surface area contributed by atoms with Gasteiger partial charge in [-0.2, -0.15) is 0 Å². The summed E-state index contributed by atoms with van der Waals surface area (Å²) in [6, 6.07) is 4.74. The van der Waals surface area contributed by atoms with Crippen molar-refractivity contribution < 1.29 is 28.0 Å². The van der Waals surface area contributed by atoms with Gasteiger partial charge in [-0.15, -0.1) is 0 Å². The van der Waals surface area contributed by atoms with Crippen LogP contribution in [0.5, 0.6) is 5.75 Å². The van der Waals surface area contributed by atoms with Crippen molar-refractivity contribution in [3.05, 3.63) is 29.3 Å². The normalized spacial score (nSPS) is 12.8. The lowest BCUT2D eigenvalue weighted by atomic mass is 10.0. The van der Waals surface area contributed by atoms with Crippen LogP contribution in [0.15, 0.2) is 18.2 Å². The van der Waals surface area contributed by atoms with Gasteiger partial charge in [0.15, 0.2) is 0 Å². The van der Waals surface area contributed by atoms with Crippen LogP contribution < -0.4 is 10.1 Å². The minimum atomic E-state index is -0.897. The number of hydrogen-bond acceptors (Lipinski definition) is 7. The van der Waals surface area contributed by atoms with Crippen LogP contribution in [0.1, 0.15) is 52.7 Å². The Labute approximate surface area is 195 Å². The second-order valence-electron chi connectivity index (χ2n) is 8.76. The third-order valence-electron chi connectivity index (χ3n) is 3.61. The molecule has 9 heteroatoms. The molecule has 0 bridgehead atoms. The highest BCUT2D eigenvalue weighted by Crippen LogP contribution is 2.21. The van der Waals surface area contributed by atoms with Crippen molar-refractivity contribution in [2.75, 3.05) is 13.2 Å². The van der Waals surface area contributed by atoms with Crippen molar-refractivity contribution in [1.82, 2.24) is 5.32 Å². The molecule has 0 heterocycles. The van der Waals surface area contributed by atoms with E-state index < -0.39 is 29.3 Å². The van der Waals surface area contributed by atoms with Crippen LogP contribution in [0.4, 0.5) is 4.79 Å². The summed E-state index contributed by atoms with van der Waals surface area (Å²) in [5.74, 6) is 0.143. The quantitative estimate of drug-likeness (QED) is 0.196. The number of amides is 1. The van der Waals surface area contributed by atoms with Crippen molar-refractivity contribution in [2.24, 2.45) is 0 Å². The number of ether oxygens (including phenoxy) is 3. The summed E-state index contributed by atoms with van der Waals surface area (Å²) in [5, 5.41) is 2.65. The lowest BCUT2D eigenvalue weighted by molar-refractivity contribution is -0.157. The summed E-state index contributed by atoms with van der Waals surface area (Å²) >= 11 is 2.05. The molecule has 0 aliphatic carbocycles. The van der Waals surface area contributed by atoms with E-state index in [9.17, 15) is 9.59 Å². The zero-order chi connectivity index (χ0) is 22.9. The topological polar surface area (TPSA) is 83.1 Å². The van der Waals surface area contributed by atoms with Crippen LogP contribution in [-0.4, -0.2) is 42.5 Å². The van der Waals surface area contributed by atoms with Gasteiger partial charge >= 0.3 is 12.1 Å². The molecule has 1 N–H and O–H groups in total. The minimum Gasteiger partial charge on any atom is -0.491 e. The minimum absolute atomic E-state index is 0.247. The van der Waals surface area contributed by atoms with Crippen LogP contribution in [0.25, 0.3) is 0 Å². The number of nitrogens with one attached hydrogen (secondary N) is 1. The molecule has 30 heavy (non-hydrogen) atoms. The number of esters is 1. The third kappa shape index (κ3) is 11.3. The first-order chi connectivity index (χ1) is 13.8. The molecule has 0 aliphatic rings. The molecule has 1 aromatic carbocycles. The van der Waals surface area contributed by atoms with E-state index in [1.54, 1.807) is 41.5 Å². The Bertz CT molecular complexity index is 714. The van der Waals surface area contributed by atoms with Gasteiger partial charge < -0.3 is 23.7 Å². The van der Waals surface area contributed by atoms with E-state index in [2.05, 4.69) is 5.32 Å². The average Bonchev–Trinajstić information content (AvgIpc) is 2.57. The van der Waals surface area contributed by atoms with Gasteiger partial charge in [-0.1, -0.05) is 6.07 Å². The highest BCUT2D eigenvalue weighted by atomic mass is 127. The zero-order valence-corrected chi connectivity index (χ0v) is 21.6. The van der Waals surface area contributed by atoms with Crippen molar-refractivity contribution in [2.45, 2.75) is 72.1 Å². The number of halogens is 1. The maximum absolute atomic E-state index is 12.8. The van der Waals surface area contributed by atoms with Gasteiger partial charge in [-0.3, -0.25) is 0 Å². The fourth-order valence-corrected chi connectivity index (χ4v) is 3.09. The van der Waals surface area contributed by atoms with E-state index in [1.807, 2.05) is 46.3 Å². The second kappa shape index (κ2) is 12.0. The first kappa shape index (κ1) is 26.8. The van der Waals surface area contributed by atoms with Crippen LogP contribution in [0.2, 0.25) is 0 Å². The number of carbonyl (C=O) groups is 2. The summed E-state index contributed by atoms with van der Waals surface area (Å²) in [6.07, 6.45) is -0.422. The molecule has 170 valence electrons. The molecule has 0 spiro atoms. The first-order valence-corrected chi connectivity index (χ1v) is 12.9. The summed E-state index contributed by atoms with van der Waals surface area (Å²) in [5.41, 5.74) is 0.483. The van der Waals surface area contributed by atoms with Gasteiger partial charge in [-0.05, 0) is 71.7 Å². The Hall–Kier alpha value is -1.20. The summed E-state index contributed by atoms with van der Waals surface area (Å²) in [7, 11) is 1.25. The molecule has 1 rings (SSSR count). The van der Waals surface area contributed by atoms with Crippen LogP contribution in [-0.2, 0) is 24.9 Å². The van der Waals surface area contributed by atoms with Gasteiger partial charge in [0.05, 0.1) is 15.8 Å². The largest absolute Gasteiger partial charge is 0.491 e. The van der Waals surface area contributed by atoms with Crippen molar-refractivity contribution in [3.8, 4) is 5.75 Å². The van der Waals surface area contributed by atoms with E-state index in [1.165, 1.54) is 9.21 Å². The number of benzene rings is 1. The summed E-state index contributed by atoms with van der Waals surface area (Å²) in [4.78, 5) is 25.1. The summed E-state index contributed by atoms with van der Waals surface area (Å²) in [6.45, 7) is 13.4. The zero-order valence-electron chi connectivity index (χ0n) is 18.7. The number of alkyl carbamates (subject to hydrolysis) is 1. The number of hydrogen-bond donors (Lipinski definition) is 1. The molecule has 1 unspecified atom stereocenters. The molecule has 7 nitrogen and oxygen atoms in total. The maximum Gasteiger partial charge on any atom is 0.408 e. The van der Waals surface area contributed by atoms with Crippen LogP contribution in [0.3, 0.4) is 0 Å². The SMILES string of the molecule is Cc1ccc(OCCOSI)cc1CC(NC(=O)OC(C)(C)C)C(=O)OC(C)(C)C. The summed E-state index contributed by atoms with van der Waals surface area (Å²) < 4.78 is 21.7. The molecule has 0 radical (unpaired) electrons. The lowest BCUT2D eigenvalue weighted by Crippen LogP contribution is -2.47. The van der Waals surface area contributed by atoms with Crippen LogP contribution in [0, 0.1) is 6.92 Å². The molecule has 0 saturated carbocycles. The fraction of sp³-hybridized carbons (Fsp3) is 0.619. The Morgan fingerprint density at radius 2 is 1.70 bits per heavy atom. The molecule has 1 aromatic rings.